The Bertz CT molecular complexity index is 1150. The zero-order valence-electron chi connectivity index (χ0n) is 14.4. The molecule has 0 saturated carbocycles. The molecule has 0 bridgehead atoms. The van der Waals surface area contributed by atoms with Crippen LogP contribution in [0.1, 0.15) is 21.8 Å². The number of halogens is 1. The molecular formula is C18H14FN5O3. The van der Waals surface area contributed by atoms with Crippen molar-refractivity contribution in [2.24, 2.45) is 0 Å². The summed E-state index contributed by atoms with van der Waals surface area (Å²) in [6.45, 7) is 3.55. The number of fused-ring (bicyclic) bond motifs is 1. The first kappa shape index (κ1) is 16.7. The number of aryl methyl sites for hydroxylation is 2. The van der Waals surface area contributed by atoms with Crippen molar-refractivity contribution in [2.45, 2.75) is 13.8 Å². The van der Waals surface area contributed by atoms with Crippen LogP contribution in [-0.4, -0.2) is 25.7 Å². The Morgan fingerprint density at radius 2 is 2.11 bits per heavy atom. The number of amides is 1. The normalized spacial score (nSPS) is 10.9. The number of hydrogen-bond acceptors (Lipinski definition) is 6. The second kappa shape index (κ2) is 6.52. The van der Waals surface area contributed by atoms with E-state index in [9.17, 15) is 9.18 Å². The van der Waals surface area contributed by atoms with Gasteiger partial charge in [0.25, 0.3) is 5.91 Å². The Morgan fingerprint density at radius 3 is 2.85 bits per heavy atom. The smallest absolute Gasteiger partial charge is 0.277 e. The summed E-state index contributed by atoms with van der Waals surface area (Å²) in [7, 11) is 0. The van der Waals surface area contributed by atoms with Gasteiger partial charge >= 0.3 is 0 Å². The van der Waals surface area contributed by atoms with Gasteiger partial charge in [-0.15, -0.1) is 0 Å². The predicted molar refractivity (Wildman–Crippen MR) is 93.4 cm³/mol. The van der Waals surface area contributed by atoms with Crippen molar-refractivity contribution in [3.05, 3.63) is 65.7 Å². The van der Waals surface area contributed by atoms with Crippen LogP contribution in [0.4, 0.5) is 10.1 Å². The van der Waals surface area contributed by atoms with Gasteiger partial charge in [0.1, 0.15) is 17.6 Å². The summed E-state index contributed by atoms with van der Waals surface area (Å²) in [5.41, 5.74) is 1.92. The van der Waals surface area contributed by atoms with Crippen LogP contribution < -0.4 is 10.1 Å². The summed E-state index contributed by atoms with van der Waals surface area (Å²) < 4.78 is 26.5. The second-order valence-electron chi connectivity index (χ2n) is 5.88. The van der Waals surface area contributed by atoms with Gasteiger partial charge in [0.15, 0.2) is 17.3 Å². The molecule has 1 aromatic carbocycles. The fourth-order valence-corrected chi connectivity index (χ4v) is 2.58. The highest BCUT2D eigenvalue weighted by Gasteiger charge is 2.15. The van der Waals surface area contributed by atoms with Crippen LogP contribution in [0.5, 0.6) is 11.6 Å². The van der Waals surface area contributed by atoms with E-state index in [4.69, 9.17) is 9.26 Å². The molecule has 0 atom stereocenters. The number of nitrogens with zero attached hydrogens (tertiary/aromatic N) is 4. The minimum atomic E-state index is -0.648. The van der Waals surface area contributed by atoms with Gasteiger partial charge < -0.3 is 14.6 Å². The number of carbonyl (C=O) groups is 1. The van der Waals surface area contributed by atoms with Gasteiger partial charge in [-0.2, -0.15) is 10.1 Å². The van der Waals surface area contributed by atoms with Gasteiger partial charge in [-0.3, -0.25) is 4.79 Å². The number of aromatic nitrogens is 4. The standard InChI is InChI=1S/C18H14FN5O3/c1-10-5-6-24-16(10)18(20-9-21-24)26-15-4-3-12(8-13(15)19)22-17(25)14-7-11(2)27-23-14/h3-9H,1-2H3,(H,22,25). The monoisotopic (exact) mass is 367 g/mol. The van der Waals surface area contributed by atoms with E-state index in [2.05, 4.69) is 20.6 Å². The Kier molecular flexibility index (Phi) is 4.03. The molecule has 3 aromatic heterocycles. The summed E-state index contributed by atoms with van der Waals surface area (Å²) in [5.74, 6) is -0.425. The minimum Gasteiger partial charge on any atom is -0.434 e. The number of hydrogen-bond donors (Lipinski definition) is 1. The fourth-order valence-electron chi connectivity index (χ4n) is 2.58. The maximum atomic E-state index is 14.5. The Labute approximate surface area is 152 Å². The fraction of sp³-hybridized carbons (Fsp3) is 0.111. The molecule has 0 aliphatic heterocycles. The predicted octanol–water partition coefficient (Wildman–Crippen LogP) is 3.52. The van der Waals surface area contributed by atoms with Gasteiger partial charge in [-0.05, 0) is 37.6 Å². The molecule has 0 fully saturated rings. The highest BCUT2D eigenvalue weighted by Crippen LogP contribution is 2.29. The molecule has 1 amide bonds. The van der Waals surface area contributed by atoms with Crippen LogP contribution in [0.25, 0.3) is 5.52 Å². The highest BCUT2D eigenvalue weighted by molar-refractivity contribution is 6.02. The zero-order valence-corrected chi connectivity index (χ0v) is 14.4. The van der Waals surface area contributed by atoms with Crippen molar-refractivity contribution < 1.29 is 18.4 Å². The average Bonchev–Trinajstić information content (AvgIpc) is 3.24. The molecule has 4 aromatic rings. The molecule has 27 heavy (non-hydrogen) atoms. The molecule has 0 unspecified atom stereocenters. The number of ether oxygens (including phenoxy) is 1. The molecule has 8 nitrogen and oxygen atoms in total. The van der Waals surface area contributed by atoms with E-state index in [0.717, 1.165) is 11.6 Å². The van der Waals surface area contributed by atoms with Crippen molar-refractivity contribution in [1.29, 1.82) is 0 Å². The number of anilines is 1. The highest BCUT2D eigenvalue weighted by atomic mass is 19.1. The van der Waals surface area contributed by atoms with E-state index in [1.54, 1.807) is 17.6 Å². The van der Waals surface area contributed by atoms with E-state index in [1.165, 1.54) is 24.5 Å². The maximum Gasteiger partial charge on any atom is 0.277 e. The number of carbonyl (C=O) groups excluding carboxylic acids is 1. The number of nitrogens with one attached hydrogen (secondary N) is 1. The van der Waals surface area contributed by atoms with Crippen LogP contribution in [0.2, 0.25) is 0 Å². The molecule has 0 saturated heterocycles. The number of benzene rings is 1. The van der Waals surface area contributed by atoms with Crippen LogP contribution in [0.3, 0.4) is 0 Å². The van der Waals surface area contributed by atoms with Gasteiger partial charge in [0, 0.05) is 24.0 Å². The van der Waals surface area contributed by atoms with E-state index < -0.39 is 11.7 Å². The molecule has 136 valence electrons. The van der Waals surface area contributed by atoms with Crippen LogP contribution in [0, 0.1) is 19.7 Å². The summed E-state index contributed by atoms with van der Waals surface area (Å²) in [6.07, 6.45) is 3.09. The first-order valence-electron chi connectivity index (χ1n) is 8.02. The first-order chi connectivity index (χ1) is 13.0. The molecule has 0 spiro atoms. The lowest BCUT2D eigenvalue weighted by atomic mass is 10.2. The summed E-state index contributed by atoms with van der Waals surface area (Å²) in [6, 6.07) is 7.44. The molecule has 4 rings (SSSR count). The Morgan fingerprint density at radius 1 is 1.26 bits per heavy atom. The van der Waals surface area contributed by atoms with Crippen molar-refractivity contribution >= 4 is 17.1 Å². The minimum absolute atomic E-state index is 0.0218. The molecule has 0 aliphatic rings. The third-order valence-corrected chi connectivity index (χ3v) is 3.88. The summed E-state index contributed by atoms with van der Waals surface area (Å²) in [4.78, 5) is 16.1. The Balaban J connectivity index is 1.56. The summed E-state index contributed by atoms with van der Waals surface area (Å²) in [5, 5.41) is 10.2. The van der Waals surface area contributed by atoms with Gasteiger partial charge in [-0.25, -0.2) is 8.91 Å². The topological polar surface area (TPSA) is 94.5 Å². The third kappa shape index (κ3) is 3.22. The van der Waals surface area contributed by atoms with E-state index in [1.807, 2.05) is 13.0 Å². The lowest BCUT2D eigenvalue weighted by Crippen LogP contribution is -2.12. The van der Waals surface area contributed by atoms with Crippen molar-refractivity contribution in [2.75, 3.05) is 5.32 Å². The lowest BCUT2D eigenvalue weighted by Gasteiger charge is -2.09. The van der Waals surface area contributed by atoms with Crippen LogP contribution in [-0.2, 0) is 0 Å². The maximum absolute atomic E-state index is 14.5. The van der Waals surface area contributed by atoms with Crippen LogP contribution in [0.15, 0.2) is 47.4 Å². The molecule has 9 heteroatoms. The number of rotatable bonds is 4. The van der Waals surface area contributed by atoms with E-state index in [-0.39, 0.29) is 23.0 Å². The Hall–Kier alpha value is -3.75. The van der Waals surface area contributed by atoms with Crippen molar-refractivity contribution in [3.8, 4) is 11.6 Å². The van der Waals surface area contributed by atoms with Crippen LogP contribution >= 0.6 is 0 Å². The lowest BCUT2D eigenvalue weighted by molar-refractivity contribution is 0.101. The van der Waals surface area contributed by atoms with Crippen molar-refractivity contribution in [1.82, 2.24) is 19.8 Å². The molecule has 3 heterocycles. The van der Waals surface area contributed by atoms with Gasteiger partial charge in [-0.1, -0.05) is 5.16 Å². The summed E-state index contributed by atoms with van der Waals surface area (Å²) >= 11 is 0. The first-order valence-corrected chi connectivity index (χ1v) is 8.02. The molecule has 0 radical (unpaired) electrons. The largest absolute Gasteiger partial charge is 0.434 e. The van der Waals surface area contributed by atoms with Gasteiger partial charge in [0.2, 0.25) is 5.88 Å². The van der Waals surface area contributed by atoms with Crippen molar-refractivity contribution in [3.63, 3.8) is 0 Å². The third-order valence-electron chi connectivity index (χ3n) is 3.88. The zero-order chi connectivity index (χ0) is 19.0. The second-order valence-corrected chi connectivity index (χ2v) is 5.88. The van der Waals surface area contributed by atoms with E-state index >= 15 is 0 Å². The molecule has 0 aliphatic carbocycles. The van der Waals surface area contributed by atoms with Gasteiger partial charge in [0.05, 0.1) is 0 Å². The quantitative estimate of drug-likeness (QED) is 0.593. The SMILES string of the molecule is Cc1cc(C(=O)Nc2ccc(Oc3ncnn4ccc(C)c34)c(F)c2)no1. The molecular weight excluding hydrogens is 353 g/mol. The van der Waals surface area contributed by atoms with E-state index in [0.29, 0.717) is 11.3 Å². The average molecular weight is 367 g/mol. The molecule has 1 N–H and O–H groups in total.